The van der Waals surface area contributed by atoms with Gasteiger partial charge in [-0.15, -0.1) is 0 Å². The second-order valence-electron chi connectivity index (χ2n) is 14.6. The Balaban J connectivity index is 1.33. The second-order valence-corrected chi connectivity index (χ2v) is 16.7. The van der Waals surface area contributed by atoms with Crippen LogP contribution >= 0.6 is 23.5 Å². The van der Waals surface area contributed by atoms with Crippen molar-refractivity contribution in [3.05, 3.63) is 142 Å². The Morgan fingerprint density at radius 1 is 0.481 bits per heavy atom. The standard InChI is InChI=1S/C48H50N2S2/c1-33(2)19-11-5-7-17-25-39-45-48(52-44-32-38(27-29-41(44)49-45)36-23-15-10-16-24-36)40(26-18-8-6-12-20-34(3)4)46-47(39)51-43-31-37(28-30-42(43)50-46)35-21-13-9-14-22-35/h9-10,13-16,19-24,27-32H,5-8,11-12,17-18,25-26H2,1-4H3. The van der Waals surface area contributed by atoms with Gasteiger partial charge in [0.25, 0.3) is 0 Å². The molecule has 0 fully saturated rings. The van der Waals surface area contributed by atoms with Crippen LogP contribution in [0, 0.1) is 0 Å². The van der Waals surface area contributed by atoms with Crippen molar-refractivity contribution in [2.45, 2.75) is 111 Å². The zero-order valence-corrected chi connectivity index (χ0v) is 32.8. The van der Waals surface area contributed by atoms with E-state index in [1.165, 1.54) is 101 Å². The predicted octanol–water partition coefficient (Wildman–Crippen LogP) is 14.0. The number of unbranched alkanes of at least 4 members (excludes halogenated alkanes) is 6. The summed E-state index contributed by atoms with van der Waals surface area (Å²) in [7, 11) is 0. The highest BCUT2D eigenvalue weighted by Gasteiger charge is 2.27. The van der Waals surface area contributed by atoms with Crippen molar-refractivity contribution < 1.29 is 0 Å². The maximum Gasteiger partial charge on any atom is 0.0824 e. The fraction of sp³-hybridized carbons (Fsp3) is 0.292. The molecule has 0 radical (unpaired) electrons. The molecule has 2 aliphatic heterocycles. The zero-order chi connectivity index (χ0) is 35.9. The van der Waals surface area contributed by atoms with Gasteiger partial charge in [0, 0.05) is 19.6 Å². The Kier molecular flexibility index (Phi) is 11.9. The molecule has 5 aromatic carbocycles. The van der Waals surface area contributed by atoms with E-state index in [4.69, 9.17) is 9.98 Å². The first kappa shape index (κ1) is 36.2. The first-order valence-electron chi connectivity index (χ1n) is 19.1. The molecule has 7 rings (SSSR count). The summed E-state index contributed by atoms with van der Waals surface area (Å²) in [6.45, 7) is 8.80. The van der Waals surface area contributed by atoms with Gasteiger partial charge in [0.2, 0.25) is 0 Å². The average molecular weight is 719 g/mol. The fourth-order valence-corrected chi connectivity index (χ4v) is 9.60. The molecule has 0 spiro atoms. The van der Waals surface area contributed by atoms with Gasteiger partial charge >= 0.3 is 0 Å². The molecule has 0 amide bonds. The van der Waals surface area contributed by atoms with Crippen LogP contribution in [0.15, 0.2) is 150 Å². The highest BCUT2D eigenvalue weighted by atomic mass is 32.2. The van der Waals surface area contributed by atoms with Crippen molar-refractivity contribution in [2.75, 3.05) is 0 Å². The third kappa shape index (κ3) is 8.56. The van der Waals surface area contributed by atoms with Crippen LogP contribution < -0.4 is 10.7 Å². The zero-order valence-electron chi connectivity index (χ0n) is 31.2. The highest BCUT2D eigenvalue weighted by Crippen LogP contribution is 2.45. The molecule has 5 aromatic rings. The Morgan fingerprint density at radius 3 is 1.31 bits per heavy atom. The Morgan fingerprint density at radius 2 is 0.904 bits per heavy atom. The summed E-state index contributed by atoms with van der Waals surface area (Å²) in [5.41, 5.74) is 12.7. The van der Waals surface area contributed by atoms with Gasteiger partial charge in [0.15, 0.2) is 0 Å². The largest absolute Gasteiger partial charge is 0.246 e. The minimum absolute atomic E-state index is 1.01. The van der Waals surface area contributed by atoms with Gasteiger partial charge in [-0.3, -0.25) is 0 Å². The van der Waals surface area contributed by atoms with Crippen molar-refractivity contribution in [1.82, 2.24) is 0 Å². The number of hydrogen-bond donors (Lipinski definition) is 0. The highest BCUT2D eigenvalue weighted by molar-refractivity contribution is 8.00. The molecule has 0 N–H and O–H groups in total. The molecule has 4 heteroatoms. The molecule has 52 heavy (non-hydrogen) atoms. The summed E-state index contributed by atoms with van der Waals surface area (Å²) in [6.07, 6.45) is 16.2. The van der Waals surface area contributed by atoms with Crippen LogP contribution in [0.1, 0.15) is 90.2 Å². The van der Waals surface area contributed by atoms with E-state index in [-0.39, 0.29) is 0 Å². The molecule has 0 unspecified atom stereocenters. The van der Waals surface area contributed by atoms with Crippen LogP contribution in [-0.2, 0) is 12.8 Å². The van der Waals surface area contributed by atoms with Crippen molar-refractivity contribution in [2.24, 2.45) is 9.98 Å². The van der Waals surface area contributed by atoms with E-state index in [1.54, 1.807) is 0 Å². The van der Waals surface area contributed by atoms with Crippen molar-refractivity contribution >= 4 is 34.9 Å². The van der Waals surface area contributed by atoms with Crippen LogP contribution in [0.3, 0.4) is 0 Å². The lowest BCUT2D eigenvalue weighted by Gasteiger charge is -2.24. The first-order valence-corrected chi connectivity index (χ1v) is 20.7. The minimum Gasteiger partial charge on any atom is -0.246 e. The lowest BCUT2D eigenvalue weighted by atomic mass is 9.98. The van der Waals surface area contributed by atoms with E-state index in [9.17, 15) is 0 Å². The second kappa shape index (κ2) is 17.1. The minimum atomic E-state index is 1.01. The maximum absolute atomic E-state index is 5.56. The Bertz CT molecular complexity index is 2060. The van der Waals surface area contributed by atoms with Gasteiger partial charge in [-0.2, -0.15) is 0 Å². The van der Waals surface area contributed by atoms with Gasteiger partial charge in [0.05, 0.1) is 22.1 Å². The van der Waals surface area contributed by atoms with Crippen molar-refractivity contribution in [3.8, 4) is 22.3 Å². The maximum atomic E-state index is 5.56. The molecule has 0 saturated carbocycles. The third-order valence-corrected chi connectivity index (χ3v) is 12.3. The van der Waals surface area contributed by atoms with E-state index >= 15 is 0 Å². The lowest BCUT2D eigenvalue weighted by Crippen LogP contribution is -2.29. The third-order valence-electron chi connectivity index (χ3n) is 9.94. The molecule has 2 nitrogen and oxygen atoms in total. The van der Waals surface area contributed by atoms with Gasteiger partial charge in [0.1, 0.15) is 0 Å². The summed E-state index contributed by atoms with van der Waals surface area (Å²) in [5.74, 6) is 0. The number of hydrogen-bond acceptors (Lipinski definition) is 4. The predicted molar refractivity (Wildman–Crippen MR) is 223 cm³/mol. The molecular weight excluding hydrogens is 669 g/mol. The summed E-state index contributed by atoms with van der Waals surface area (Å²) in [6, 6.07) is 35.1. The molecular formula is C48H50N2S2. The monoisotopic (exact) mass is 718 g/mol. The molecule has 2 heterocycles. The summed E-state index contributed by atoms with van der Waals surface area (Å²) >= 11 is 3.86. The molecule has 0 saturated heterocycles. The molecule has 0 aliphatic carbocycles. The summed E-state index contributed by atoms with van der Waals surface area (Å²) < 4.78 is 0. The fourth-order valence-electron chi connectivity index (χ4n) is 7.18. The summed E-state index contributed by atoms with van der Waals surface area (Å²) in [5, 5.41) is 2.39. The normalized spacial score (nSPS) is 12.4. The van der Waals surface area contributed by atoms with E-state index < -0.39 is 0 Å². The van der Waals surface area contributed by atoms with Gasteiger partial charge in [-0.05, 0) is 137 Å². The Labute approximate surface area is 319 Å². The first-order chi connectivity index (χ1) is 25.4. The van der Waals surface area contributed by atoms with Gasteiger partial charge in [-0.1, -0.05) is 132 Å². The molecule has 2 aliphatic rings. The van der Waals surface area contributed by atoms with Crippen LogP contribution in [0.4, 0.5) is 11.4 Å². The van der Waals surface area contributed by atoms with E-state index in [0.717, 1.165) is 49.9 Å². The molecule has 0 aromatic heterocycles. The Hall–Kier alpha value is -4.12. The molecule has 0 atom stereocenters. The number of allylic oxidation sites excluding steroid dienone is 4. The van der Waals surface area contributed by atoms with Crippen LogP contribution in [-0.4, -0.2) is 0 Å². The van der Waals surface area contributed by atoms with Crippen LogP contribution in [0.2, 0.25) is 0 Å². The molecule has 0 bridgehead atoms. The smallest absolute Gasteiger partial charge is 0.0824 e. The van der Waals surface area contributed by atoms with E-state index in [1.807, 2.05) is 23.5 Å². The quantitative estimate of drug-likeness (QED) is 0.0826. The molecule has 264 valence electrons. The number of rotatable bonds is 14. The topological polar surface area (TPSA) is 24.7 Å². The number of fused-ring (bicyclic) bond motifs is 4. The SMILES string of the molecule is CC(C)=CCCCCCc1c2c(c(CCCCCC=C(C)C)c3c1=Nc1ccc(-c4ccccc4)cc1S3)=Nc1ccc(-c3ccccc3)cc1S2. The lowest BCUT2D eigenvalue weighted by molar-refractivity contribution is 0.663. The number of benzene rings is 5. The van der Waals surface area contributed by atoms with E-state index in [2.05, 4.69) is 137 Å². The van der Waals surface area contributed by atoms with Crippen molar-refractivity contribution in [3.63, 3.8) is 0 Å². The van der Waals surface area contributed by atoms with Gasteiger partial charge in [-0.25, -0.2) is 9.98 Å². The van der Waals surface area contributed by atoms with E-state index in [0.29, 0.717) is 0 Å². The van der Waals surface area contributed by atoms with Crippen LogP contribution in [0.5, 0.6) is 0 Å². The summed E-state index contributed by atoms with van der Waals surface area (Å²) in [4.78, 5) is 16.2. The number of nitrogens with zero attached hydrogens (tertiary/aromatic N) is 2. The van der Waals surface area contributed by atoms with Crippen molar-refractivity contribution in [1.29, 1.82) is 0 Å². The van der Waals surface area contributed by atoms with Gasteiger partial charge < -0.3 is 0 Å². The average Bonchev–Trinajstić information content (AvgIpc) is 3.16. The van der Waals surface area contributed by atoms with Crippen LogP contribution in [0.25, 0.3) is 22.3 Å².